The molecule has 9 heteroatoms. The average Bonchev–Trinajstić information content (AvgIpc) is 3.41. The smallest absolute Gasteiger partial charge is 0.246 e. The van der Waals surface area contributed by atoms with Crippen molar-refractivity contribution < 1.29 is 14.4 Å². The molecule has 1 aliphatic rings. The minimum absolute atomic E-state index is 0.130. The van der Waals surface area contributed by atoms with Crippen molar-refractivity contribution in [2.24, 2.45) is 5.92 Å². The zero-order chi connectivity index (χ0) is 22.5. The fourth-order valence-electron chi connectivity index (χ4n) is 3.90. The fraction of sp³-hybridized carbons (Fsp3) is 0.500. The van der Waals surface area contributed by atoms with Crippen LogP contribution in [-0.2, 0) is 20.9 Å². The molecule has 8 nitrogen and oxygen atoms in total. The van der Waals surface area contributed by atoms with Crippen molar-refractivity contribution in [2.75, 3.05) is 6.54 Å². The number of rotatable bonds is 8. The summed E-state index contributed by atoms with van der Waals surface area (Å²) < 4.78 is 0. The number of hydrogen-bond donors (Lipinski definition) is 4. The molecule has 4 N–H and O–H groups in total. The second-order valence-electron chi connectivity index (χ2n) is 8.33. The Morgan fingerprint density at radius 2 is 1.97 bits per heavy atom. The van der Waals surface area contributed by atoms with Crippen LogP contribution < -0.4 is 15.5 Å². The van der Waals surface area contributed by atoms with E-state index in [-0.39, 0.29) is 23.6 Å². The number of fused-ring (bicyclic) bond motifs is 1. The molecule has 0 radical (unpaired) electrons. The van der Waals surface area contributed by atoms with Gasteiger partial charge in [-0.3, -0.25) is 14.4 Å². The molecule has 1 aromatic carbocycles. The number of amides is 3. The first-order valence-corrected chi connectivity index (χ1v) is 11.0. The Morgan fingerprint density at radius 1 is 1.23 bits per heavy atom. The van der Waals surface area contributed by atoms with Gasteiger partial charge in [-0.2, -0.15) is 0 Å². The number of carbonyl (C=O) groups excluding carboxylic acids is 3. The number of hydrogen-bond acceptors (Lipinski definition) is 4. The van der Waals surface area contributed by atoms with Crippen molar-refractivity contribution in [1.29, 1.82) is 0 Å². The van der Waals surface area contributed by atoms with Gasteiger partial charge in [-0.05, 0) is 49.1 Å². The highest BCUT2D eigenvalue weighted by atomic mass is 35.5. The van der Waals surface area contributed by atoms with Crippen LogP contribution in [0.25, 0.3) is 10.9 Å². The molecule has 31 heavy (non-hydrogen) atoms. The van der Waals surface area contributed by atoms with Gasteiger partial charge in [-0.15, -0.1) is 0 Å². The molecule has 1 aliphatic heterocycles. The van der Waals surface area contributed by atoms with E-state index < -0.39 is 18.1 Å². The number of aromatic amines is 1. The van der Waals surface area contributed by atoms with Crippen LogP contribution in [-0.4, -0.2) is 52.3 Å². The van der Waals surface area contributed by atoms with E-state index >= 15 is 0 Å². The highest BCUT2D eigenvalue weighted by Gasteiger charge is 2.38. The molecule has 3 unspecified atom stereocenters. The quantitative estimate of drug-likeness (QED) is 0.464. The average molecular weight is 448 g/mol. The third-order valence-electron chi connectivity index (χ3n) is 5.75. The fourth-order valence-corrected chi connectivity index (χ4v) is 4.00. The maximum absolute atomic E-state index is 13.2. The molecule has 168 valence electrons. The minimum Gasteiger partial charge on any atom is -0.361 e. The van der Waals surface area contributed by atoms with Crippen molar-refractivity contribution in [3.05, 3.63) is 36.0 Å². The Bertz CT molecular complexity index is 944. The molecule has 2 heterocycles. The topological polar surface area (TPSA) is 106 Å². The SMILES string of the molecule is CC(NCl)C(=O)NC(C(=O)N1CCCC1C(=O)NCc1c[nH]c2ccccc12)C(C)C. The highest BCUT2D eigenvalue weighted by Crippen LogP contribution is 2.22. The van der Waals surface area contributed by atoms with E-state index in [0.717, 1.165) is 22.9 Å². The first kappa shape index (κ1) is 23.1. The maximum atomic E-state index is 13.2. The van der Waals surface area contributed by atoms with Crippen LogP contribution >= 0.6 is 11.8 Å². The van der Waals surface area contributed by atoms with Gasteiger partial charge >= 0.3 is 0 Å². The summed E-state index contributed by atoms with van der Waals surface area (Å²) in [5, 5.41) is 6.80. The number of aromatic nitrogens is 1. The lowest BCUT2D eigenvalue weighted by atomic mass is 10.0. The Kier molecular flexibility index (Phi) is 7.56. The second kappa shape index (κ2) is 10.2. The third kappa shape index (κ3) is 5.19. The first-order valence-electron chi connectivity index (χ1n) is 10.6. The number of carbonyl (C=O) groups is 3. The van der Waals surface area contributed by atoms with E-state index in [1.807, 2.05) is 44.3 Å². The van der Waals surface area contributed by atoms with E-state index in [4.69, 9.17) is 11.8 Å². The van der Waals surface area contributed by atoms with Crippen molar-refractivity contribution in [3.63, 3.8) is 0 Å². The molecule has 1 saturated heterocycles. The van der Waals surface area contributed by atoms with Gasteiger partial charge in [0.25, 0.3) is 0 Å². The van der Waals surface area contributed by atoms with Crippen LogP contribution in [0, 0.1) is 5.92 Å². The molecular weight excluding hydrogens is 418 g/mol. The number of nitrogens with one attached hydrogen (secondary N) is 4. The summed E-state index contributed by atoms with van der Waals surface area (Å²) in [6.45, 7) is 6.21. The standard InChI is InChI=1S/C22H30ClN5O3/c1-13(2)19(26-20(29)14(3)27-23)22(31)28-10-6-9-18(28)21(30)25-12-15-11-24-17-8-5-4-7-16(15)17/h4-5,7-8,11,13-14,18-19,24,27H,6,9-10,12H2,1-3H3,(H,25,30)(H,26,29). The predicted molar refractivity (Wildman–Crippen MR) is 120 cm³/mol. The second-order valence-corrected chi connectivity index (χ2v) is 8.55. The molecule has 3 amide bonds. The molecule has 0 spiro atoms. The van der Waals surface area contributed by atoms with Gasteiger partial charge in [0.1, 0.15) is 12.1 Å². The molecule has 3 atom stereocenters. The van der Waals surface area contributed by atoms with Gasteiger partial charge in [-0.1, -0.05) is 32.0 Å². The number of H-pyrrole nitrogens is 1. The van der Waals surface area contributed by atoms with Crippen LogP contribution in [0.3, 0.4) is 0 Å². The van der Waals surface area contributed by atoms with Crippen molar-refractivity contribution in [2.45, 2.75) is 58.3 Å². The summed E-state index contributed by atoms with van der Waals surface area (Å²) in [7, 11) is 0. The Balaban J connectivity index is 1.66. The van der Waals surface area contributed by atoms with Crippen LogP contribution in [0.1, 0.15) is 39.2 Å². The highest BCUT2D eigenvalue weighted by molar-refractivity contribution is 6.15. The number of halogens is 1. The summed E-state index contributed by atoms with van der Waals surface area (Å²) in [5.41, 5.74) is 2.01. The molecule has 3 rings (SSSR count). The molecular formula is C22H30ClN5O3. The van der Waals surface area contributed by atoms with E-state index in [0.29, 0.717) is 19.5 Å². The molecule has 1 aromatic heterocycles. The summed E-state index contributed by atoms with van der Waals surface area (Å²) in [6, 6.07) is 6.01. The van der Waals surface area contributed by atoms with Crippen molar-refractivity contribution in [3.8, 4) is 0 Å². The maximum Gasteiger partial charge on any atom is 0.246 e. The summed E-state index contributed by atoms with van der Waals surface area (Å²) in [4.78, 5) is 45.6. The van der Waals surface area contributed by atoms with Crippen LogP contribution in [0.15, 0.2) is 30.5 Å². The predicted octanol–water partition coefficient (Wildman–Crippen LogP) is 2.05. The number of benzene rings is 1. The van der Waals surface area contributed by atoms with E-state index in [9.17, 15) is 14.4 Å². The van der Waals surface area contributed by atoms with Crippen molar-refractivity contribution in [1.82, 2.24) is 25.4 Å². The van der Waals surface area contributed by atoms with Gasteiger partial charge in [-0.25, -0.2) is 4.84 Å². The number of para-hydroxylation sites is 1. The van der Waals surface area contributed by atoms with Crippen LogP contribution in [0.2, 0.25) is 0 Å². The van der Waals surface area contributed by atoms with E-state index in [2.05, 4.69) is 20.5 Å². The van der Waals surface area contributed by atoms with Crippen LogP contribution in [0.4, 0.5) is 0 Å². The monoisotopic (exact) mass is 447 g/mol. The summed E-state index contributed by atoms with van der Waals surface area (Å²) in [5.74, 6) is -0.910. The van der Waals surface area contributed by atoms with Gasteiger partial charge < -0.3 is 20.5 Å². The van der Waals surface area contributed by atoms with Gasteiger partial charge in [0.2, 0.25) is 17.7 Å². The molecule has 2 aromatic rings. The lowest BCUT2D eigenvalue weighted by Gasteiger charge is -2.31. The molecule has 0 aliphatic carbocycles. The zero-order valence-corrected chi connectivity index (χ0v) is 18.8. The van der Waals surface area contributed by atoms with Gasteiger partial charge in [0.15, 0.2) is 0 Å². The minimum atomic E-state index is -0.720. The number of nitrogens with zero attached hydrogens (tertiary/aromatic N) is 1. The largest absolute Gasteiger partial charge is 0.361 e. The van der Waals surface area contributed by atoms with Gasteiger partial charge in [0.05, 0.1) is 6.04 Å². The normalized spacial score (nSPS) is 18.2. The molecule has 0 bridgehead atoms. The lowest BCUT2D eigenvalue weighted by Crippen LogP contribution is -2.56. The Labute approximate surface area is 187 Å². The van der Waals surface area contributed by atoms with Gasteiger partial charge in [0, 0.05) is 30.2 Å². The molecule has 1 fully saturated rings. The summed E-state index contributed by atoms with van der Waals surface area (Å²) in [6.07, 6.45) is 3.23. The zero-order valence-electron chi connectivity index (χ0n) is 18.1. The van der Waals surface area contributed by atoms with Crippen molar-refractivity contribution >= 4 is 40.4 Å². The Hall–Kier alpha value is -2.58. The first-order chi connectivity index (χ1) is 14.8. The summed E-state index contributed by atoms with van der Waals surface area (Å²) >= 11 is 5.53. The van der Waals surface area contributed by atoms with E-state index in [1.165, 1.54) is 0 Å². The van der Waals surface area contributed by atoms with Crippen LogP contribution in [0.5, 0.6) is 0 Å². The number of likely N-dealkylation sites (tertiary alicyclic amines) is 1. The van der Waals surface area contributed by atoms with E-state index in [1.54, 1.807) is 11.8 Å². The Morgan fingerprint density at radius 3 is 2.68 bits per heavy atom. The molecule has 0 saturated carbocycles. The third-order valence-corrected chi connectivity index (χ3v) is 6.08. The lowest BCUT2D eigenvalue weighted by molar-refractivity contribution is -0.142.